The van der Waals surface area contributed by atoms with E-state index in [1.54, 1.807) is 0 Å². The fourth-order valence-electron chi connectivity index (χ4n) is 1.43. The smallest absolute Gasteiger partial charge is 0.255 e. The van der Waals surface area contributed by atoms with Crippen LogP contribution in [-0.2, 0) is 0 Å². The maximum absolute atomic E-state index is 12.9. The summed E-state index contributed by atoms with van der Waals surface area (Å²) in [7, 11) is 0. The van der Waals surface area contributed by atoms with E-state index in [9.17, 15) is 14.3 Å². The minimum Gasteiger partial charge on any atom is -0.506 e. The lowest BCUT2D eigenvalue weighted by atomic mass is 10.2. The fourth-order valence-corrected chi connectivity index (χ4v) is 2.23. The van der Waals surface area contributed by atoms with E-state index in [0.29, 0.717) is 14.8 Å². The molecule has 6 heteroatoms. The highest BCUT2D eigenvalue weighted by Gasteiger charge is 2.10. The van der Waals surface area contributed by atoms with Gasteiger partial charge in [-0.3, -0.25) is 4.79 Å². The van der Waals surface area contributed by atoms with Crippen molar-refractivity contribution in [3.8, 4) is 5.75 Å². The molecule has 19 heavy (non-hydrogen) atoms. The lowest BCUT2D eigenvalue weighted by molar-refractivity contribution is 0.102. The third kappa shape index (κ3) is 3.36. The second kappa shape index (κ2) is 5.75. The van der Waals surface area contributed by atoms with Gasteiger partial charge < -0.3 is 10.4 Å². The minimum atomic E-state index is -0.383. The van der Waals surface area contributed by atoms with E-state index < -0.39 is 0 Å². The molecule has 0 saturated carbocycles. The van der Waals surface area contributed by atoms with Crippen molar-refractivity contribution in [2.75, 3.05) is 5.32 Å². The van der Waals surface area contributed by atoms with Crippen LogP contribution in [0.3, 0.4) is 0 Å². The van der Waals surface area contributed by atoms with Crippen molar-refractivity contribution in [3.63, 3.8) is 0 Å². The Morgan fingerprint density at radius 3 is 2.63 bits per heavy atom. The maximum Gasteiger partial charge on any atom is 0.255 e. The zero-order valence-corrected chi connectivity index (χ0v) is 12.4. The van der Waals surface area contributed by atoms with Gasteiger partial charge in [-0.05, 0) is 59.0 Å². The molecule has 0 bridgehead atoms. The number of aromatic hydroxyl groups is 1. The molecule has 0 aliphatic rings. The molecule has 0 aromatic heterocycles. The van der Waals surface area contributed by atoms with Crippen molar-refractivity contribution in [3.05, 3.63) is 56.4 Å². The Bertz CT molecular complexity index is 649. The van der Waals surface area contributed by atoms with Gasteiger partial charge in [0.2, 0.25) is 0 Å². The predicted molar refractivity (Wildman–Crippen MR) is 80.2 cm³/mol. The average Bonchev–Trinajstić information content (AvgIpc) is 2.36. The first-order valence-corrected chi connectivity index (χ1v) is 6.68. The molecule has 98 valence electrons. The van der Waals surface area contributed by atoms with Crippen molar-refractivity contribution in [1.82, 2.24) is 0 Å². The topological polar surface area (TPSA) is 49.3 Å². The second-order valence-electron chi connectivity index (χ2n) is 3.74. The zero-order chi connectivity index (χ0) is 14.0. The SMILES string of the molecule is O=C(Nc1ccc(F)cc1I)c1ccc(O)c(Cl)c1. The van der Waals surface area contributed by atoms with Gasteiger partial charge in [0, 0.05) is 9.13 Å². The van der Waals surface area contributed by atoms with Crippen molar-refractivity contribution in [2.45, 2.75) is 0 Å². The van der Waals surface area contributed by atoms with Gasteiger partial charge >= 0.3 is 0 Å². The lowest BCUT2D eigenvalue weighted by Gasteiger charge is -2.08. The molecule has 2 aromatic carbocycles. The molecule has 0 unspecified atom stereocenters. The first kappa shape index (κ1) is 14.1. The molecule has 0 aliphatic heterocycles. The summed E-state index contributed by atoms with van der Waals surface area (Å²) in [6.07, 6.45) is 0. The molecule has 0 fully saturated rings. The summed E-state index contributed by atoms with van der Waals surface area (Å²) in [5, 5.41) is 12.0. The molecule has 0 atom stereocenters. The normalized spacial score (nSPS) is 10.3. The lowest BCUT2D eigenvalue weighted by Crippen LogP contribution is -2.12. The number of phenols is 1. The Morgan fingerprint density at radius 2 is 2.00 bits per heavy atom. The molecule has 3 nitrogen and oxygen atoms in total. The molecule has 2 aromatic rings. The Labute approximate surface area is 127 Å². The summed E-state index contributed by atoms with van der Waals surface area (Å²) in [5.74, 6) is -0.837. The Hall–Kier alpha value is -1.34. The number of phenolic OH excluding ortho intramolecular Hbond substituents is 1. The predicted octanol–water partition coefficient (Wildman–Crippen LogP) is 4.04. The first-order chi connectivity index (χ1) is 8.97. The monoisotopic (exact) mass is 391 g/mol. The molecule has 2 rings (SSSR count). The number of benzene rings is 2. The summed E-state index contributed by atoms with van der Waals surface area (Å²) in [6.45, 7) is 0. The maximum atomic E-state index is 12.9. The average molecular weight is 392 g/mol. The van der Waals surface area contributed by atoms with Gasteiger partial charge in [-0.15, -0.1) is 0 Å². The fraction of sp³-hybridized carbons (Fsp3) is 0. The van der Waals surface area contributed by atoms with E-state index in [0.717, 1.165) is 0 Å². The van der Waals surface area contributed by atoms with Gasteiger partial charge in [0.25, 0.3) is 5.91 Å². The van der Waals surface area contributed by atoms with Crippen LogP contribution in [0.5, 0.6) is 5.75 Å². The molecular weight excluding hydrogens is 384 g/mol. The number of nitrogens with one attached hydrogen (secondary N) is 1. The molecule has 0 aliphatic carbocycles. The summed E-state index contributed by atoms with van der Waals surface area (Å²) < 4.78 is 13.5. The highest BCUT2D eigenvalue weighted by atomic mass is 127. The third-order valence-corrected chi connectivity index (χ3v) is 3.58. The Kier molecular flexibility index (Phi) is 4.26. The minimum absolute atomic E-state index is 0.0884. The zero-order valence-electron chi connectivity index (χ0n) is 9.45. The van der Waals surface area contributed by atoms with Gasteiger partial charge in [0.15, 0.2) is 0 Å². The van der Waals surface area contributed by atoms with Gasteiger partial charge in [-0.2, -0.15) is 0 Å². The number of anilines is 1. The number of rotatable bonds is 2. The van der Waals surface area contributed by atoms with Gasteiger partial charge in [0.1, 0.15) is 11.6 Å². The number of carbonyl (C=O) groups excluding carboxylic acids is 1. The third-order valence-electron chi connectivity index (χ3n) is 2.39. The standard InChI is InChI=1S/C13H8ClFINO2/c14-9-5-7(1-4-12(9)18)13(19)17-11-3-2-8(15)6-10(11)16/h1-6,18H,(H,17,19). The summed E-state index contributed by atoms with van der Waals surface area (Å²) in [5.41, 5.74) is 0.819. The molecular formula is C13H8ClFINO2. The van der Waals surface area contributed by atoms with E-state index in [-0.39, 0.29) is 22.5 Å². The van der Waals surface area contributed by atoms with Gasteiger partial charge in [-0.25, -0.2) is 4.39 Å². The van der Waals surface area contributed by atoms with Crippen LogP contribution in [-0.4, -0.2) is 11.0 Å². The van der Waals surface area contributed by atoms with Crippen LogP contribution < -0.4 is 5.32 Å². The van der Waals surface area contributed by atoms with Crippen LogP contribution >= 0.6 is 34.2 Å². The van der Waals surface area contributed by atoms with Crippen LogP contribution in [0.1, 0.15) is 10.4 Å². The van der Waals surface area contributed by atoms with Crippen molar-refractivity contribution in [1.29, 1.82) is 0 Å². The number of halogens is 3. The quantitative estimate of drug-likeness (QED) is 0.759. The van der Waals surface area contributed by atoms with E-state index in [2.05, 4.69) is 5.32 Å². The highest BCUT2D eigenvalue weighted by Crippen LogP contribution is 2.25. The molecule has 0 heterocycles. The second-order valence-corrected chi connectivity index (χ2v) is 5.31. The van der Waals surface area contributed by atoms with Gasteiger partial charge in [0.05, 0.1) is 10.7 Å². The van der Waals surface area contributed by atoms with E-state index in [1.807, 2.05) is 22.6 Å². The summed E-state index contributed by atoms with van der Waals surface area (Å²) in [4.78, 5) is 12.0. The van der Waals surface area contributed by atoms with E-state index in [1.165, 1.54) is 36.4 Å². The van der Waals surface area contributed by atoms with Crippen LogP contribution in [0.4, 0.5) is 10.1 Å². The Morgan fingerprint density at radius 1 is 1.26 bits per heavy atom. The van der Waals surface area contributed by atoms with Crippen molar-refractivity contribution in [2.24, 2.45) is 0 Å². The molecule has 2 N–H and O–H groups in total. The van der Waals surface area contributed by atoms with Crippen LogP contribution in [0, 0.1) is 9.39 Å². The van der Waals surface area contributed by atoms with Crippen LogP contribution in [0.15, 0.2) is 36.4 Å². The summed E-state index contributed by atoms with van der Waals surface area (Å²) >= 11 is 7.66. The molecule has 0 spiro atoms. The number of hydrogen-bond acceptors (Lipinski definition) is 2. The number of carbonyl (C=O) groups is 1. The molecule has 0 radical (unpaired) electrons. The molecule has 0 saturated heterocycles. The van der Waals surface area contributed by atoms with E-state index in [4.69, 9.17) is 11.6 Å². The Balaban J connectivity index is 2.23. The highest BCUT2D eigenvalue weighted by molar-refractivity contribution is 14.1. The van der Waals surface area contributed by atoms with Crippen LogP contribution in [0.25, 0.3) is 0 Å². The van der Waals surface area contributed by atoms with Crippen molar-refractivity contribution >= 4 is 45.8 Å². The number of amides is 1. The van der Waals surface area contributed by atoms with Crippen LogP contribution in [0.2, 0.25) is 5.02 Å². The number of hydrogen-bond donors (Lipinski definition) is 2. The first-order valence-electron chi connectivity index (χ1n) is 5.22. The van der Waals surface area contributed by atoms with Gasteiger partial charge in [-0.1, -0.05) is 11.6 Å². The van der Waals surface area contributed by atoms with E-state index >= 15 is 0 Å². The van der Waals surface area contributed by atoms with Crippen molar-refractivity contribution < 1.29 is 14.3 Å². The summed E-state index contributed by atoms with van der Waals surface area (Å²) in [6, 6.07) is 8.22. The molecule has 1 amide bonds. The largest absolute Gasteiger partial charge is 0.506 e.